The smallest absolute Gasteiger partial charge is 0.192 e. The van der Waals surface area contributed by atoms with Crippen molar-refractivity contribution in [2.24, 2.45) is 5.73 Å². The fourth-order valence-corrected chi connectivity index (χ4v) is 1.67. The molecule has 0 heterocycles. The van der Waals surface area contributed by atoms with E-state index in [-0.39, 0.29) is 12.6 Å². The molecule has 3 N–H and O–H groups in total. The summed E-state index contributed by atoms with van der Waals surface area (Å²) in [5.74, 6) is 0. The van der Waals surface area contributed by atoms with Gasteiger partial charge in [0, 0.05) is 19.3 Å². The Bertz CT molecular complexity index is 153. The molecule has 0 aliphatic carbocycles. The van der Waals surface area contributed by atoms with Crippen LogP contribution < -0.4 is 5.73 Å². The largest absolute Gasteiger partial charge is 0.415 e. The van der Waals surface area contributed by atoms with E-state index in [4.69, 9.17) is 15.3 Å². The van der Waals surface area contributed by atoms with Crippen LogP contribution in [0.3, 0.4) is 0 Å². The Morgan fingerprint density at radius 2 is 1.67 bits per heavy atom. The van der Waals surface area contributed by atoms with Crippen molar-refractivity contribution in [2.45, 2.75) is 58.8 Å². The second kappa shape index (κ2) is 7.38. The van der Waals surface area contributed by atoms with E-state index in [0.717, 1.165) is 0 Å². The minimum absolute atomic E-state index is 0.152. The lowest BCUT2D eigenvalue weighted by Gasteiger charge is -2.36. The Kier molecular flexibility index (Phi) is 8.61. The lowest BCUT2D eigenvalue weighted by atomic mass is 10.2. The number of hydrogen-bond acceptors (Lipinski definition) is 3. The van der Waals surface area contributed by atoms with Gasteiger partial charge in [-0.2, -0.15) is 0 Å². The van der Waals surface area contributed by atoms with E-state index >= 15 is 0 Å². The van der Waals surface area contributed by atoms with Gasteiger partial charge in [0.1, 0.15) is 0 Å². The van der Waals surface area contributed by atoms with E-state index in [9.17, 15) is 0 Å². The summed E-state index contributed by atoms with van der Waals surface area (Å²) in [6.45, 7) is 15.8. The van der Waals surface area contributed by atoms with Crippen LogP contribution in [0.5, 0.6) is 0 Å². The SMILES string of the molecule is CC(N)CO[Si](C)(C)C(C)(C)C.CCO. The van der Waals surface area contributed by atoms with E-state index in [1.807, 2.05) is 6.92 Å². The standard InChI is InChI=1S/C9H23NOSi.C2H6O/c1-8(10)7-11-12(5,6)9(2,3)4;1-2-3/h8H,7,10H2,1-6H3;3H,2H2,1H3. The fraction of sp³-hybridized carbons (Fsp3) is 1.00. The first-order valence-electron chi connectivity index (χ1n) is 5.59. The van der Waals surface area contributed by atoms with Crippen LogP contribution in [0, 0.1) is 0 Å². The van der Waals surface area contributed by atoms with E-state index < -0.39 is 8.32 Å². The summed E-state index contributed by atoms with van der Waals surface area (Å²) < 4.78 is 5.87. The zero-order valence-corrected chi connectivity index (χ0v) is 12.4. The summed E-state index contributed by atoms with van der Waals surface area (Å²) in [7, 11) is -1.55. The highest BCUT2D eigenvalue weighted by Crippen LogP contribution is 2.36. The van der Waals surface area contributed by atoms with Crippen molar-refractivity contribution in [3.05, 3.63) is 0 Å². The third kappa shape index (κ3) is 9.05. The molecule has 0 aromatic carbocycles. The van der Waals surface area contributed by atoms with Gasteiger partial charge < -0.3 is 15.3 Å². The van der Waals surface area contributed by atoms with Crippen LogP contribution in [0.1, 0.15) is 34.6 Å². The van der Waals surface area contributed by atoms with Crippen molar-refractivity contribution < 1.29 is 9.53 Å². The first-order valence-corrected chi connectivity index (χ1v) is 8.49. The lowest BCUT2D eigenvalue weighted by Crippen LogP contribution is -2.43. The van der Waals surface area contributed by atoms with Crippen LogP contribution in [-0.4, -0.2) is 32.7 Å². The van der Waals surface area contributed by atoms with Crippen LogP contribution in [0.4, 0.5) is 0 Å². The molecule has 4 heteroatoms. The van der Waals surface area contributed by atoms with Crippen LogP contribution in [-0.2, 0) is 4.43 Å². The highest BCUT2D eigenvalue weighted by molar-refractivity contribution is 6.74. The van der Waals surface area contributed by atoms with Crippen molar-refractivity contribution in [1.82, 2.24) is 0 Å². The van der Waals surface area contributed by atoms with Gasteiger partial charge in [0.15, 0.2) is 8.32 Å². The van der Waals surface area contributed by atoms with Gasteiger partial charge in [-0.1, -0.05) is 20.8 Å². The topological polar surface area (TPSA) is 55.5 Å². The van der Waals surface area contributed by atoms with Crippen molar-refractivity contribution >= 4 is 8.32 Å². The monoisotopic (exact) mass is 235 g/mol. The molecule has 0 aromatic heterocycles. The summed E-state index contributed by atoms with van der Waals surface area (Å²) in [5.41, 5.74) is 5.64. The zero-order chi connectivity index (χ0) is 12.7. The molecule has 0 fully saturated rings. The molecule has 0 saturated carbocycles. The average molecular weight is 235 g/mol. The maximum absolute atomic E-state index is 7.57. The minimum atomic E-state index is -1.55. The zero-order valence-electron chi connectivity index (χ0n) is 11.4. The summed E-state index contributed by atoms with van der Waals surface area (Å²) >= 11 is 0. The molecule has 0 aromatic rings. The molecule has 15 heavy (non-hydrogen) atoms. The molecule has 0 rings (SSSR count). The third-order valence-electron chi connectivity index (χ3n) is 2.51. The quantitative estimate of drug-likeness (QED) is 0.738. The van der Waals surface area contributed by atoms with Crippen molar-refractivity contribution in [3.8, 4) is 0 Å². The van der Waals surface area contributed by atoms with Gasteiger partial charge >= 0.3 is 0 Å². The number of nitrogens with two attached hydrogens (primary N) is 1. The molecule has 0 bridgehead atoms. The molecule has 0 aliphatic heterocycles. The van der Waals surface area contributed by atoms with Crippen molar-refractivity contribution in [2.75, 3.05) is 13.2 Å². The minimum Gasteiger partial charge on any atom is -0.415 e. The molecule has 0 aliphatic rings. The molecular weight excluding hydrogens is 206 g/mol. The molecule has 3 nitrogen and oxygen atoms in total. The van der Waals surface area contributed by atoms with Gasteiger partial charge in [0.2, 0.25) is 0 Å². The molecule has 94 valence electrons. The van der Waals surface area contributed by atoms with Crippen LogP contribution in [0.25, 0.3) is 0 Å². The first kappa shape index (κ1) is 17.5. The molecule has 0 radical (unpaired) electrons. The van der Waals surface area contributed by atoms with E-state index in [2.05, 4.69) is 33.9 Å². The molecular formula is C11H29NO2Si. The highest BCUT2D eigenvalue weighted by Gasteiger charge is 2.37. The second-order valence-corrected chi connectivity index (χ2v) is 10.2. The van der Waals surface area contributed by atoms with Gasteiger partial charge in [0.25, 0.3) is 0 Å². The molecule has 1 atom stereocenters. The molecule has 1 unspecified atom stereocenters. The van der Waals surface area contributed by atoms with E-state index in [1.54, 1.807) is 6.92 Å². The van der Waals surface area contributed by atoms with Crippen LogP contribution >= 0.6 is 0 Å². The number of rotatable bonds is 3. The predicted octanol–water partition coefficient (Wildman–Crippen LogP) is 2.35. The van der Waals surface area contributed by atoms with Crippen LogP contribution in [0.2, 0.25) is 18.1 Å². The normalized spacial score (nSPS) is 14.2. The Labute approximate surface area is 96.1 Å². The summed E-state index contributed by atoms with van der Waals surface area (Å²) in [6.07, 6.45) is 0. The Balaban J connectivity index is 0. The Morgan fingerprint density at radius 1 is 1.33 bits per heavy atom. The summed E-state index contributed by atoms with van der Waals surface area (Å²) in [6, 6.07) is 0.152. The number of hydrogen-bond donors (Lipinski definition) is 2. The first-order chi connectivity index (χ1) is 6.58. The third-order valence-corrected chi connectivity index (χ3v) is 7.01. The maximum atomic E-state index is 7.57. The van der Waals surface area contributed by atoms with Gasteiger partial charge in [-0.25, -0.2) is 0 Å². The van der Waals surface area contributed by atoms with Crippen LogP contribution in [0.15, 0.2) is 0 Å². The predicted molar refractivity (Wildman–Crippen MR) is 69.6 cm³/mol. The fourth-order valence-electron chi connectivity index (χ4n) is 0.556. The number of aliphatic hydroxyl groups excluding tert-OH is 1. The highest BCUT2D eigenvalue weighted by atomic mass is 28.4. The Morgan fingerprint density at radius 3 is 1.87 bits per heavy atom. The maximum Gasteiger partial charge on any atom is 0.192 e. The summed E-state index contributed by atoms with van der Waals surface area (Å²) in [4.78, 5) is 0. The second-order valence-electron chi connectivity index (χ2n) is 5.36. The summed E-state index contributed by atoms with van der Waals surface area (Å²) in [5, 5.41) is 7.86. The van der Waals surface area contributed by atoms with Crippen molar-refractivity contribution in [3.63, 3.8) is 0 Å². The van der Waals surface area contributed by atoms with Gasteiger partial charge in [-0.3, -0.25) is 0 Å². The Hall–Kier alpha value is 0.0969. The average Bonchev–Trinajstić information content (AvgIpc) is 2.00. The van der Waals surface area contributed by atoms with Gasteiger partial charge in [-0.05, 0) is 32.0 Å². The number of aliphatic hydroxyl groups is 1. The molecule has 0 saturated heterocycles. The van der Waals surface area contributed by atoms with E-state index in [1.165, 1.54) is 0 Å². The van der Waals surface area contributed by atoms with E-state index in [0.29, 0.717) is 11.6 Å². The van der Waals surface area contributed by atoms with Crippen molar-refractivity contribution in [1.29, 1.82) is 0 Å². The lowest BCUT2D eigenvalue weighted by molar-refractivity contribution is 0.269. The van der Waals surface area contributed by atoms with Gasteiger partial charge in [-0.15, -0.1) is 0 Å². The molecule has 0 spiro atoms. The molecule has 0 amide bonds. The van der Waals surface area contributed by atoms with Gasteiger partial charge in [0.05, 0.1) is 0 Å².